The van der Waals surface area contributed by atoms with Crippen molar-refractivity contribution in [3.05, 3.63) is 46.1 Å². The predicted octanol–water partition coefficient (Wildman–Crippen LogP) is 5.89. The van der Waals surface area contributed by atoms with E-state index in [-0.39, 0.29) is 6.10 Å². The zero-order valence-corrected chi connectivity index (χ0v) is 14.2. The Labute approximate surface area is 130 Å². The zero-order chi connectivity index (χ0) is 15.2. The maximum Gasteiger partial charge on any atom is 0.0977 e. The second-order valence-electron chi connectivity index (χ2n) is 6.73. The molecule has 0 radical (unpaired) electrons. The van der Waals surface area contributed by atoms with Gasteiger partial charge < -0.3 is 4.74 Å². The summed E-state index contributed by atoms with van der Waals surface area (Å²) in [5, 5.41) is 0. The normalized spacial score (nSPS) is 25.7. The van der Waals surface area contributed by atoms with Crippen LogP contribution in [0.5, 0.6) is 0 Å². The highest BCUT2D eigenvalue weighted by atomic mass is 16.5. The molecule has 21 heavy (non-hydrogen) atoms. The minimum Gasteiger partial charge on any atom is -0.365 e. The van der Waals surface area contributed by atoms with Crippen molar-refractivity contribution in [3.63, 3.8) is 0 Å². The van der Waals surface area contributed by atoms with Gasteiger partial charge in [0.15, 0.2) is 0 Å². The molecule has 0 fully saturated rings. The lowest BCUT2D eigenvalue weighted by atomic mass is 9.95. The third kappa shape index (κ3) is 5.00. The average Bonchev–Trinajstić information content (AvgIpc) is 2.76. The Morgan fingerprint density at radius 3 is 2.14 bits per heavy atom. The Kier molecular flexibility index (Phi) is 6.05. The maximum atomic E-state index is 5.97. The van der Waals surface area contributed by atoms with Crippen LogP contribution in [0.15, 0.2) is 46.1 Å². The van der Waals surface area contributed by atoms with Crippen LogP contribution in [0, 0.1) is 0 Å². The van der Waals surface area contributed by atoms with Crippen LogP contribution in [0.2, 0.25) is 0 Å². The predicted molar refractivity (Wildman–Crippen MR) is 91.4 cm³/mol. The molecule has 1 unspecified atom stereocenters. The molecule has 116 valence electrons. The minimum atomic E-state index is 0.228. The maximum absolute atomic E-state index is 5.97. The first-order valence-corrected chi connectivity index (χ1v) is 8.35. The van der Waals surface area contributed by atoms with Crippen LogP contribution in [0.25, 0.3) is 0 Å². The van der Waals surface area contributed by atoms with Crippen LogP contribution in [-0.4, -0.2) is 12.7 Å². The van der Waals surface area contributed by atoms with Gasteiger partial charge in [-0.1, -0.05) is 34.9 Å². The van der Waals surface area contributed by atoms with Gasteiger partial charge in [0.2, 0.25) is 0 Å². The first-order chi connectivity index (χ1) is 10.1. The van der Waals surface area contributed by atoms with Crippen LogP contribution >= 0.6 is 0 Å². The van der Waals surface area contributed by atoms with Gasteiger partial charge in [-0.05, 0) is 77.4 Å². The van der Waals surface area contributed by atoms with E-state index in [1.165, 1.54) is 47.1 Å². The highest BCUT2D eigenvalue weighted by Gasteiger charge is 2.21. The topological polar surface area (TPSA) is 9.23 Å². The number of rotatable bonds is 0. The van der Waals surface area contributed by atoms with Gasteiger partial charge in [0.25, 0.3) is 0 Å². The van der Waals surface area contributed by atoms with E-state index in [9.17, 15) is 0 Å². The summed E-state index contributed by atoms with van der Waals surface area (Å²) < 4.78 is 5.97. The van der Waals surface area contributed by atoms with E-state index in [0.29, 0.717) is 0 Å². The molecule has 0 aromatic rings. The van der Waals surface area contributed by atoms with E-state index in [2.05, 4.69) is 45.9 Å². The van der Waals surface area contributed by atoms with Crippen molar-refractivity contribution in [3.8, 4) is 0 Å². The fraction of sp³-hybridized carbons (Fsp3) is 0.600. The van der Waals surface area contributed by atoms with E-state index < -0.39 is 0 Å². The number of hydrogen-bond donors (Lipinski definition) is 0. The third-order valence-corrected chi connectivity index (χ3v) is 4.66. The standard InChI is InChI=1S/C20H30O/c1-15-7-5-9-16(2)11-12-19-18(4)14-21-20(19)13-17(3)10-6-8-15/h8-9,13,20H,5-7,10-12,14H2,1-4H3. The van der Waals surface area contributed by atoms with Crippen molar-refractivity contribution in [1.82, 2.24) is 0 Å². The molecule has 0 saturated heterocycles. The van der Waals surface area contributed by atoms with Crippen LogP contribution < -0.4 is 0 Å². The van der Waals surface area contributed by atoms with Gasteiger partial charge in [0.05, 0.1) is 12.7 Å². The summed E-state index contributed by atoms with van der Waals surface area (Å²) in [6.07, 6.45) is 14.4. The second-order valence-corrected chi connectivity index (χ2v) is 6.73. The fourth-order valence-corrected chi connectivity index (χ4v) is 3.13. The van der Waals surface area contributed by atoms with Gasteiger partial charge in [-0.3, -0.25) is 0 Å². The first kappa shape index (κ1) is 16.3. The van der Waals surface area contributed by atoms with Crippen molar-refractivity contribution < 1.29 is 4.74 Å². The largest absolute Gasteiger partial charge is 0.365 e. The summed E-state index contributed by atoms with van der Waals surface area (Å²) in [7, 11) is 0. The molecule has 1 nitrogen and oxygen atoms in total. The van der Waals surface area contributed by atoms with Gasteiger partial charge in [-0.15, -0.1) is 0 Å². The quantitative estimate of drug-likeness (QED) is 0.504. The Morgan fingerprint density at radius 2 is 1.43 bits per heavy atom. The van der Waals surface area contributed by atoms with Crippen molar-refractivity contribution in [1.29, 1.82) is 0 Å². The molecule has 1 aliphatic heterocycles. The molecule has 0 amide bonds. The molecule has 2 aliphatic rings. The van der Waals surface area contributed by atoms with E-state index in [4.69, 9.17) is 4.74 Å². The van der Waals surface area contributed by atoms with Gasteiger partial charge in [-0.25, -0.2) is 0 Å². The van der Waals surface area contributed by atoms with Gasteiger partial charge in [0.1, 0.15) is 0 Å². The summed E-state index contributed by atoms with van der Waals surface area (Å²) in [4.78, 5) is 0. The van der Waals surface area contributed by atoms with Crippen molar-refractivity contribution >= 4 is 0 Å². The number of fused-ring (bicyclic) bond motifs is 1. The summed E-state index contributed by atoms with van der Waals surface area (Å²) in [5.41, 5.74) is 7.47. The fourth-order valence-electron chi connectivity index (χ4n) is 3.13. The molecule has 0 saturated carbocycles. The van der Waals surface area contributed by atoms with E-state index >= 15 is 0 Å². The van der Waals surface area contributed by atoms with E-state index in [1.807, 2.05) is 0 Å². The molecule has 1 aliphatic carbocycles. The number of allylic oxidation sites excluding steroid dienone is 5. The minimum absolute atomic E-state index is 0.228. The summed E-state index contributed by atoms with van der Waals surface area (Å²) in [6, 6.07) is 0. The summed E-state index contributed by atoms with van der Waals surface area (Å²) in [5.74, 6) is 0. The van der Waals surface area contributed by atoms with Crippen molar-refractivity contribution in [2.24, 2.45) is 0 Å². The SMILES string of the molecule is CC1=CCCC(C)=CC2OCC(C)=C2CCC(C)=CCC1. The lowest BCUT2D eigenvalue weighted by molar-refractivity contribution is 0.151. The Hall–Kier alpha value is -1.08. The average molecular weight is 286 g/mol. The Morgan fingerprint density at radius 1 is 0.810 bits per heavy atom. The first-order valence-electron chi connectivity index (χ1n) is 8.35. The number of hydrogen-bond acceptors (Lipinski definition) is 1. The molecular weight excluding hydrogens is 256 g/mol. The molecule has 0 N–H and O–H groups in total. The van der Waals surface area contributed by atoms with Crippen LogP contribution in [0.4, 0.5) is 0 Å². The van der Waals surface area contributed by atoms with Crippen LogP contribution in [0.3, 0.4) is 0 Å². The smallest absolute Gasteiger partial charge is 0.0977 e. The molecular formula is C20H30O. The van der Waals surface area contributed by atoms with Gasteiger partial charge >= 0.3 is 0 Å². The molecule has 1 heteroatoms. The molecule has 0 aromatic carbocycles. The molecule has 1 atom stereocenters. The molecule has 0 bridgehead atoms. The van der Waals surface area contributed by atoms with Gasteiger partial charge in [-0.2, -0.15) is 0 Å². The second kappa shape index (κ2) is 7.79. The Bertz CT molecular complexity index is 488. The van der Waals surface area contributed by atoms with E-state index in [1.54, 1.807) is 0 Å². The molecule has 0 spiro atoms. The van der Waals surface area contributed by atoms with Crippen LogP contribution in [0.1, 0.15) is 66.2 Å². The number of ether oxygens (including phenoxy) is 1. The van der Waals surface area contributed by atoms with E-state index in [0.717, 1.165) is 25.9 Å². The van der Waals surface area contributed by atoms with Gasteiger partial charge in [0, 0.05) is 0 Å². The van der Waals surface area contributed by atoms with Crippen LogP contribution in [-0.2, 0) is 4.74 Å². The lowest BCUT2D eigenvalue weighted by Gasteiger charge is -2.13. The molecule has 2 rings (SSSR count). The Balaban J connectivity index is 2.17. The highest BCUT2D eigenvalue weighted by molar-refractivity contribution is 5.29. The third-order valence-electron chi connectivity index (χ3n) is 4.66. The molecule has 0 aromatic heterocycles. The molecule has 1 heterocycles. The van der Waals surface area contributed by atoms with Crippen molar-refractivity contribution in [2.75, 3.05) is 6.61 Å². The summed E-state index contributed by atoms with van der Waals surface area (Å²) in [6.45, 7) is 9.82. The zero-order valence-electron chi connectivity index (χ0n) is 14.2. The lowest BCUT2D eigenvalue weighted by Crippen LogP contribution is -2.08. The highest BCUT2D eigenvalue weighted by Crippen LogP contribution is 2.29. The summed E-state index contributed by atoms with van der Waals surface area (Å²) >= 11 is 0. The van der Waals surface area contributed by atoms with Crippen molar-refractivity contribution in [2.45, 2.75) is 72.3 Å². The monoisotopic (exact) mass is 286 g/mol.